The van der Waals surface area contributed by atoms with E-state index in [-0.39, 0.29) is 12.6 Å². The summed E-state index contributed by atoms with van der Waals surface area (Å²) in [6.45, 7) is 0.688. The molecular weight excluding hydrogens is 199 g/mol. The van der Waals surface area contributed by atoms with Gasteiger partial charge in [-0.1, -0.05) is 0 Å². The van der Waals surface area contributed by atoms with Crippen LogP contribution in [0.2, 0.25) is 0 Å². The van der Waals surface area contributed by atoms with Crippen LogP contribution in [0, 0.1) is 0 Å². The lowest BCUT2D eigenvalue weighted by Gasteiger charge is -2.10. The average Bonchev–Trinajstić information content (AvgIpc) is 1.99. The summed E-state index contributed by atoms with van der Waals surface area (Å²) in [7, 11) is 0. The summed E-state index contributed by atoms with van der Waals surface area (Å²) in [5.74, 6) is 0. The number of hydrogen-bond acceptors (Lipinski definition) is 2. The molecule has 0 aromatic rings. The van der Waals surface area contributed by atoms with Crippen LogP contribution in [0.15, 0.2) is 0 Å². The Kier molecular flexibility index (Phi) is 5.29. The van der Waals surface area contributed by atoms with E-state index in [9.17, 15) is 18.0 Å². The van der Waals surface area contributed by atoms with Crippen molar-refractivity contribution in [3.63, 3.8) is 0 Å². The Morgan fingerprint density at radius 3 is 2.43 bits per heavy atom. The van der Waals surface area contributed by atoms with E-state index in [0.29, 0.717) is 6.42 Å². The molecule has 0 spiro atoms. The molecule has 0 aliphatic rings. The Labute approximate surface area is 80.0 Å². The molecule has 0 fully saturated rings. The zero-order valence-electron chi connectivity index (χ0n) is 7.82. The van der Waals surface area contributed by atoms with E-state index in [1.54, 1.807) is 12.2 Å². The predicted octanol–water partition coefficient (Wildman–Crippen LogP) is 0.585. The molecule has 0 saturated heterocycles. The molecule has 0 heterocycles. The minimum absolute atomic E-state index is 0.0853. The highest BCUT2D eigenvalue weighted by Crippen LogP contribution is 2.11. The molecule has 7 heteroatoms. The van der Waals surface area contributed by atoms with Crippen molar-refractivity contribution in [1.29, 1.82) is 0 Å². The maximum Gasteiger partial charge on any atom is 0.405 e. The summed E-state index contributed by atoms with van der Waals surface area (Å²) in [6, 6.07) is -0.916. The second-order valence-electron chi connectivity index (χ2n) is 2.99. The van der Waals surface area contributed by atoms with Crippen LogP contribution in [0.4, 0.5) is 18.0 Å². The highest BCUT2D eigenvalue weighted by Gasteiger charge is 2.27. The van der Waals surface area contributed by atoms with E-state index < -0.39 is 18.8 Å². The molecule has 0 aromatic carbocycles. The van der Waals surface area contributed by atoms with Gasteiger partial charge in [0.25, 0.3) is 0 Å². The van der Waals surface area contributed by atoms with E-state index in [2.05, 4.69) is 5.32 Å². The molecule has 2 amide bonds. The smallest absolute Gasteiger partial charge is 0.338 e. The first-order valence-electron chi connectivity index (χ1n) is 4.15. The zero-order chi connectivity index (χ0) is 11.2. The standard InChI is InChI=1S/C7H14F3N3O/c1-5(11)2-3-12-6(14)13-4-7(8,9)10/h5H,2-4,11H2,1H3,(H2,12,13,14). The fraction of sp³-hybridized carbons (Fsp3) is 0.857. The van der Waals surface area contributed by atoms with Gasteiger partial charge < -0.3 is 16.4 Å². The average molecular weight is 213 g/mol. The van der Waals surface area contributed by atoms with Crippen molar-refractivity contribution in [2.45, 2.75) is 25.6 Å². The monoisotopic (exact) mass is 213 g/mol. The van der Waals surface area contributed by atoms with Crippen LogP contribution >= 0.6 is 0 Å². The Morgan fingerprint density at radius 1 is 1.43 bits per heavy atom. The number of nitrogens with one attached hydrogen (secondary N) is 2. The molecule has 0 aromatic heterocycles. The highest BCUT2D eigenvalue weighted by molar-refractivity contribution is 5.73. The van der Waals surface area contributed by atoms with Crippen molar-refractivity contribution in [2.75, 3.05) is 13.1 Å². The van der Waals surface area contributed by atoms with Crippen molar-refractivity contribution in [3.8, 4) is 0 Å². The van der Waals surface area contributed by atoms with Crippen LogP contribution in [0.1, 0.15) is 13.3 Å². The third-order valence-corrected chi connectivity index (χ3v) is 1.33. The van der Waals surface area contributed by atoms with Gasteiger partial charge in [-0.2, -0.15) is 13.2 Å². The Hall–Kier alpha value is -0.980. The molecule has 84 valence electrons. The van der Waals surface area contributed by atoms with Gasteiger partial charge in [0.1, 0.15) is 6.54 Å². The molecule has 14 heavy (non-hydrogen) atoms. The van der Waals surface area contributed by atoms with Gasteiger partial charge in [-0.15, -0.1) is 0 Å². The number of hydrogen-bond donors (Lipinski definition) is 3. The molecule has 4 nitrogen and oxygen atoms in total. The van der Waals surface area contributed by atoms with Gasteiger partial charge in [-0.25, -0.2) is 4.79 Å². The van der Waals surface area contributed by atoms with E-state index in [0.717, 1.165) is 0 Å². The SMILES string of the molecule is CC(N)CCNC(=O)NCC(F)(F)F. The van der Waals surface area contributed by atoms with E-state index in [1.165, 1.54) is 0 Å². The number of amides is 2. The van der Waals surface area contributed by atoms with Crippen LogP contribution in [0.5, 0.6) is 0 Å². The predicted molar refractivity (Wildman–Crippen MR) is 45.7 cm³/mol. The van der Waals surface area contributed by atoms with E-state index >= 15 is 0 Å². The molecule has 1 atom stereocenters. The molecule has 0 saturated carbocycles. The van der Waals surface area contributed by atoms with Crippen molar-refractivity contribution < 1.29 is 18.0 Å². The quantitative estimate of drug-likeness (QED) is 0.639. The second-order valence-corrected chi connectivity index (χ2v) is 2.99. The number of alkyl halides is 3. The topological polar surface area (TPSA) is 67.1 Å². The van der Waals surface area contributed by atoms with Gasteiger partial charge in [0.05, 0.1) is 0 Å². The van der Waals surface area contributed by atoms with Crippen LogP contribution in [-0.4, -0.2) is 31.3 Å². The molecule has 0 rings (SSSR count). The van der Waals surface area contributed by atoms with Crippen LogP contribution < -0.4 is 16.4 Å². The Balaban J connectivity index is 3.47. The number of rotatable bonds is 4. The third kappa shape index (κ3) is 9.11. The third-order valence-electron chi connectivity index (χ3n) is 1.33. The maximum atomic E-state index is 11.6. The van der Waals surface area contributed by atoms with Gasteiger partial charge >= 0.3 is 12.2 Å². The van der Waals surface area contributed by atoms with Gasteiger partial charge in [0.15, 0.2) is 0 Å². The minimum atomic E-state index is -4.38. The lowest BCUT2D eigenvalue weighted by molar-refractivity contribution is -0.122. The van der Waals surface area contributed by atoms with Crippen molar-refractivity contribution in [1.82, 2.24) is 10.6 Å². The fourth-order valence-corrected chi connectivity index (χ4v) is 0.656. The van der Waals surface area contributed by atoms with E-state index in [1.807, 2.05) is 0 Å². The number of carbonyl (C=O) groups is 1. The van der Waals surface area contributed by atoms with Gasteiger partial charge in [-0.3, -0.25) is 0 Å². The van der Waals surface area contributed by atoms with Crippen LogP contribution in [0.25, 0.3) is 0 Å². The summed E-state index contributed by atoms with van der Waals surface area (Å²) in [4.78, 5) is 10.7. The lowest BCUT2D eigenvalue weighted by Crippen LogP contribution is -2.41. The first-order chi connectivity index (χ1) is 6.31. The van der Waals surface area contributed by atoms with E-state index in [4.69, 9.17) is 5.73 Å². The normalized spacial score (nSPS) is 13.5. The van der Waals surface area contributed by atoms with Gasteiger partial charge in [0, 0.05) is 12.6 Å². The number of halogens is 3. The summed E-state index contributed by atoms with van der Waals surface area (Å²) >= 11 is 0. The zero-order valence-corrected chi connectivity index (χ0v) is 7.82. The highest BCUT2D eigenvalue weighted by atomic mass is 19.4. The summed E-state index contributed by atoms with van der Waals surface area (Å²) in [5.41, 5.74) is 5.37. The van der Waals surface area contributed by atoms with Crippen molar-refractivity contribution in [3.05, 3.63) is 0 Å². The molecule has 0 radical (unpaired) electrons. The molecule has 0 aliphatic carbocycles. The maximum absolute atomic E-state index is 11.6. The Morgan fingerprint density at radius 2 is 2.00 bits per heavy atom. The number of nitrogens with two attached hydrogens (primary N) is 1. The summed E-state index contributed by atoms with van der Waals surface area (Å²) < 4.78 is 34.8. The number of carbonyl (C=O) groups excluding carboxylic acids is 1. The first-order valence-corrected chi connectivity index (χ1v) is 4.15. The molecule has 4 N–H and O–H groups in total. The Bertz CT molecular complexity index is 182. The molecular formula is C7H14F3N3O. The van der Waals surface area contributed by atoms with Crippen molar-refractivity contribution in [2.24, 2.45) is 5.73 Å². The van der Waals surface area contributed by atoms with Crippen LogP contribution in [0.3, 0.4) is 0 Å². The second kappa shape index (κ2) is 5.69. The molecule has 0 aliphatic heterocycles. The fourth-order valence-electron chi connectivity index (χ4n) is 0.656. The first kappa shape index (κ1) is 13.0. The summed E-state index contributed by atoms with van der Waals surface area (Å²) in [6.07, 6.45) is -3.85. The van der Waals surface area contributed by atoms with Gasteiger partial charge in [-0.05, 0) is 13.3 Å². The minimum Gasteiger partial charge on any atom is -0.338 e. The molecule has 0 bridgehead atoms. The summed E-state index contributed by atoms with van der Waals surface area (Å²) in [5, 5.41) is 3.94. The lowest BCUT2D eigenvalue weighted by atomic mass is 10.2. The molecule has 1 unspecified atom stereocenters. The van der Waals surface area contributed by atoms with Gasteiger partial charge in [0.2, 0.25) is 0 Å². The number of urea groups is 1. The van der Waals surface area contributed by atoms with Crippen molar-refractivity contribution >= 4 is 6.03 Å². The largest absolute Gasteiger partial charge is 0.405 e. The van der Waals surface area contributed by atoms with Crippen LogP contribution in [-0.2, 0) is 0 Å².